The number of rotatable bonds is 22. The Hall–Kier alpha value is -0.790. The van der Waals surface area contributed by atoms with Gasteiger partial charge in [-0.3, -0.25) is 4.52 Å². The topological polar surface area (TPSA) is 35.5 Å². The van der Waals surface area contributed by atoms with Crippen LogP contribution in [0.4, 0.5) is 0 Å². The minimum absolute atomic E-state index is 0.497. The van der Waals surface area contributed by atoms with Crippen LogP contribution in [0.5, 0.6) is 5.75 Å². The molecule has 0 spiro atoms. The van der Waals surface area contributed by atoms with Gasteiger partial charge in [0, 0.05) is 0 Å². The van der Waals surface area contributed by atoms with Gasteiger partial charge in [0.05, 0.1) is 12.8 Å². The van der Waals surface area contributed by atoms with Crippen molar-refractivity contribution in [3.8, 4) is 5.75 Å². The maximum atomic E-state index is 13.2. The first-order chi connectivity index (χ1) is 15.6. The summed E-state index contributed by atoms with van der Waals surface area (Å²) in [6.45, 7) is 6.90. The number of unbranched alkanes of at least 4 members (excludes halogenated alkanes) is 15. The molecule has 3 nitrogen and oxygen atoms in total. The molecule has 186 valence electrons. The quantitative estimate of drug-likeness (QED) is 0.126. The van der Waals surface area contributed by atoms with Crippen molar-refractivity contribution in [3.05, 3.63) is 29.8 Å². The van der Waals surface area contributed by atoms with Crippen LogP contribution in [0.1, 0.15) is 129 Å². The molecule has 0 amide bonds. The smallest absolute Gasteiger partial charge is 0.379 e. The maximum Gasteiger partial charge on any atom is 0.379 e. The van der Waals surface area contributed by atoms with E-state index >= 15 is 0 Å². The van der Waals surface area contributed by atoms with Crippen LogP contribution in [0.15, 0.2) is 24.3 Å². The molecule has 0 radical (unpaired) electrons. The minimum atomic E-state index is -3.07. The molecule has 0 heterocycles. The van der Waals surface area contributed by atoms with Crippen LogP contribution in [0.2, 0.25) is 0 Å². The molecule has 1 atom stereocenters. The van der Waals surface area contributed by atoms with Crippen molar-refractivity contribution in [3.63, 3.8) is 0 Å². The van der Waals surface area contributed by atoms with Gasteiger partial charge in [-0.25, -0.2) is 4.57 Å². The van der Waals surface area contributed by atoms with Crippen LogP contribution in [0, 0.1) is 6.92 Å². The zero-order valence-electron chi connectivity index (χ0n) is 21.4. The van der Waals surface area contributed by atoms with Crippen molar-refractivity contribution in [2.45, 2.75) is 130 Å². The molecular formula is C28H51O3P. The lowest BCUT2D eigenvalue weighted by Crippen LogP contribution is -2.05. The van der Waals surface area contributed by atoms with Gasteiger partial charge in [0.1, 0.15) is 5.75 Å². The molecule has 32 heavy (non-hydrogen) atoms. The Balaban J connectivity index is 2.05. The lowest BCUT2D eigenvalue weighted by atomic mass is 10.0. The maximum absolute atomic E-state index is 13.2. The molecule has 1 aromatic rings. The Labute approximate surface area is 199 Å². The SMILES string of the molecule is CCCCCCCCCCCCCCCCCOP(=O)(CCCC)Oc1ccccc1C. The average Bonchev–Trinajstić information content (AvgIpc) is 2.79. The Morgan fingerprint density at radius 2 is 1.12 bits per heavy atom. The lowest BCUT2D eigenvalue weighted by molar-refractivity contribution is 0.256. The van der Waals surface area contributed by atoms with E-state index in [2.05, 4.69) is 13.8 Å². The molecule has 0 saturated heterocycles. The van der Waals surface area contributed by atoms with Crippen LogP contribution >= 0.6 is 7.60 Å². The van der Waals surface area contributed by atoms with Gasteiger partial charge >= 0.3 is 7.60 Å². The number of para-hydroxylation sites is 1. The highest BCUT2D eigenvalue weighted by Crippen LogP contribution is 2.49. The second-order valence-corrected chi connectivity index (χ2v) is 11.4. The van der Waals surface area contributed by atoms with Crippen molar-refractivity contribution in [2.75, 3.05) is 12.8 Å². The van der Waals surface area contributed by atoms with Crippen molar-refractivity contribution in [2.24, 2.45) is 0 Å². The molecule has 1 unspecified atom stereocenters. The third kappa shape index (κ3) is 15.1. The van der Waals surface area contributed by atoms with Gasteiger partial charge in [-0.2, -0.15) is 0 Å². The molecule has 0 N–H and O–H groups in total. The zero-order chi connectivity index (χ0) is 23.3. The summed E-state index contributed by atoms with van der Waals surface area (Å²) >= 11 is 0. The highest BCUT2D eigenvalue weighted by Gasteiger charge is 2.26. The summed E-state index contributed by atoms with van der Waals surface area (Å²) in [6.07, 6.45) is 22.5. The minimum Gasteiger partial charge on any atom is -0.424 e. The van der Waals surface area contributed by atoms with Gasteiger partial charge in [-0.05, 0) is 31.4 Å². The Morgan fingerprint density at radius 3 is 1.62 bits per heavy atom. The average molecular weight is 467 g/mol. The van der Waals surface area contributed by atoms with E-state index in [9.17, 15) is 4.57 Å². The van der Waals surface area contributed by atoms with Gasteiger partial charge in [-0.15, -0.1) is 0 Å². The van der Waals surface area contributed by atoms with Gasteiger partial charge < -0.3 is 4.52 Å². The first kappa shape index (κ1) is 29.2. The summed E-state index contributed by atoms with van der Waals surface area (Å²) in [7, 11) is -3.07. The highest BCUT2D eigenvalue weighted by atomic mass is 31.2. The van der Waals surface area contributed by atoms with E-state index in [-0.39, 0.29) is 0 Å². The summed E-state index contributed by atoms with van der Waals surface area (Å²) in [6, 6.07) is 7.75. The highest BCUT2D eigenvalue weighted by molar-refractivity contribution is 7.54. The Bertz CT molecular complexity index is 602. The fourth-order valence-corrected chi connectivity index (χ4v) is 5.86. The first-order valence-corrected chi connectivity index (χ1v) is 15.3. The molecule has 4 heteroatoms. The molecule has 0 bridgehead atoms. The van der Waals surface area contributed by atoms with Crippen LogP contribution in [-0.2, 0) is 9.09 Å². The van der Waals surface area contributed by atoms with E-state index in [0.29, 0.717) is 18.5 Å². The van der Waals surface area contributed by atoms with E-state index in [4.69, 9.17) is 9.05 Å². The summed E-state index contributed by atoms with van der Waals surface area (Å²) in [5.41, 5.74) is 1.000. The summed E-state index contributed by atoms with van der Waals surface area (Å²) in [5, 5.41) is 0. The van der Waals surface area contributed by atoms with Crippen molar-refractivity contribution < 1.29 is 13.6 Å². The van der Waals surface area contributed by atoms with E-state index in [0.717, 1.165) is 31.2 Å². The number of hydrogen-bond acceptors (Lipinski definition) is 3. The molecule has 0 aliphatic heterocycles. The lowest BCUT2D eigenvalue weighted by Gasteiger charge is -2.20. The summed E-state index contributed by atoms with van der Waals surface area (Å²) in [5.74, 6) is 0.684. The predicted molar refractivity (Wildman–Crippen MR) is 140 cm³/mol. The van der Waals surface area contributed by atoms with Crippen LogP contribution in [-0.4, -0.2) is 12.8 Å². The Kier molecular flexibility index (Phi) is 18.0. The second-order valence-electron chi connectivity index (χ2n) is 9.33. The monoisotopic (exact) mass is 466 g/mol. The standard InChI is InChI=1S/C28H51O3P/c1-4-6-8-9-10-11-12-13-14-15-16-17-18-19-22-25-30-32(29,26-7-5-2)31-28-24-21-20-23-27(28)3/h20-21,23-24H,4-19,22,25-26H2,1-3H3. The van der Waals surface area contributed by atoms with E-state index in [1.807, 2.05) is 31.2 Å². The molecule has 0 aromatic heterocycles. The largest absolute Gasteiger partial charge is 0.424 e. The fraction of sp³-hybridized carbons (Fsp3) is 0.786. The molecule has 1 aromatic carbocycles. The second kappa shape index (κ2) is 19.7. The number of benzene rings is 1. The predicted octanol–water partition coefficient (Wildman–Crippen LogP) is 10.3. The van der Waals surface area contributed by atoms with Crippen molar-refractivity contribution >= 4 is 7.60 Å². The van der Waals surface area contributed by atoms with Crippen molar-refractivity contribution in [1.82, 2.24) is 0 Å². The summed E-state index contributed by atoms with van der Waals surface area (Å²) < 4.78 is 24.9. The van der Waals surface area contributed by atoms with E-state index < -0.39 is 7.60 Å². The van der Waals surface area contributed by atoms with Crippen LogP contribution < -0.4 is 4.52 Å². The van der Waals surface area contributed by atoms with Crippen molar-refractivity contribution in [1.29, 1.82) is 0 Å². The van der Waals surface area contributed by atoms with E-state index in [1.165, 1.54) is 83.5 Å². The molecule has 0 aliphatic rings. The van der Waals surface area contributed by atoms with Gasteiger partial charge in [0.2, 0.25) is 0 Å². The van der Waals surface area contributed by atoms with Gasteiger partial charge in [-0.1, -0.05) is 128 Å². The zero-order valence-corrected chi connectivity index (χ0v) is 22.3. The van der Waals surface area contributed by atoms with Gasteiger partial charge in [0.25, 0.3) is 0 Å². The molecule has 0 saturated carbocycles. The molecular weight excluding hydrogens is 415 g/mol. The number of aryl methyl sites for hydroxylation is 1. The van der Waals surface area contributed by atoms with Crippen LogP contribution in [0.3, 0.4) is 0 Å². The Morgan fingerprint density at radius 1 is 0.656 bits per heavy atom. The molecule has 1 rings (SSSR count). The fourth-order valence-electron chi connectivity index (χ4n) is 3.97. The third-order valence-electron chi connectivity index (χ3n) is 6.15. The van der Waals surface area contributed by atoms with Crippen LogP contribution in [0.25, 0.3) is 0 Å². The first-order valence-electron chi connectivity index (χ1n) is 13.6. The molecule has 0 aliphatic carbocycles. The van der Waals surface area contributed by atoms with Gasteiger partial charge in [0.15, 0.2) is 0 Å². The normalized spacial score (nSPS) is 13.2. The summed E-state index contributed by atoms with van der Waals surface area (Å²) in [4.78, 5) is 0. The molecule has 0 fully saturated rings. The third-order valence-corrected chi connectivity index (χ3v) is 8.07. The number of hydrogen-bond donors (Lipinski definition) is 0. The van der Waals surface area contributed by atoms with E-state index in [1.54, 1.807) is 0 Å².